The molecule has 1 atom stereocenters. The highest BCUT2D eigenvalue weighted by Gasteiger charge is 2.14. The summed E-state index contributed by atoms with van der Waals surface area (Å²) in [6.45, 7) is 8.97. The van der Waals surface area contributed by atoms with Gasteiger partial charge in [-0.15, -0.1) is 0 Å². The first kappa shape index (κ1) is 15.9. The van der Waals surface area contributed by atoms with Gasteiger partial charge in [0.2, 0.25) is 5.91 Å². The van der Waals surface area contributed by atoms with E-state index < -0.39 is 0 Å². The number of amides is 1. The lowest BCUT2D eigenvalue weighted by Crippen LogP contribution is -2.46. The summed E-state index contributed by atoms with van der Waals surface area (Å²) in [6.07, 6.45) is 0. The molecule has 5 heteroatoms. The largest absolute Gasteiger partial charge is 0.379 e. The van der Waals surface area contributed by atoms with Crippen LogP contribution in [0.3, 0.4) is 0 Å². The van der Waals surface area contributed by atoms with Crippen LogP contribution in [0.2, 0.25) is 0 Å². The van der Waals surface area contributed by atoms with Crippen LogP contribution in [0.15, 0.2) is 24.3 Å². The minimum atomic E-state index is -0.00678. The van der Waals surface area contributed by atoms with Crippen molar-refractivity contribution in [1.82, 2.24) is 10.2 Å². The lowest BCUT2D eigenvalue weighted by Gasteiger charge is -2.29. The predicted molar refractivity (Wildman–Crippen MR) is 84.5 cm³/mol. The van der Waals surface area contributed by atoms with Gasteiger partial charge in [0.25, 0.3) is 0 Å². The van der Waals surface area contributed by atoms with E-state index in [1.807, 2.05) is 31.2 Å². The molecule has 0 saturated carbocycles. The molecule has 1 fully saturated rings. The molecule has 1 aromatic rings. The Morgan fingerprint density at radius 1 is 1.29 bits per heavy atom. The fraction of sp³-hybridized carbons (Fsp3) is 0.562. The molecule has 1 heterocycles. The molecule has 116 valence electrons. The van der Waals surface area contributed by atoms with Crippen molar-refractivity contribution in [2.45, 2.75) is 19.9 Å². The van der Waals surface area contributed by atoms with Crippen LogP contribution >= 0.6 is 0 Å². The highest BCUT2D eigenvalue weighted by Crippen LogP contribution is 2.08. The number of aryl methyl sites for hydroxylation is 1. The van der Waals surface area contributed by atoms with Crippen LogP contribution in [-0.4, -0.2) is 56.2 Å². The van der Waals surface area contributed by atoms with Crippen molar-refractivity contribution in [3.63, 3.8) is 0 Å². The van der Waals surface area contributed by atoms with Gasteiger partial charge in [-0.2, -0.15) is 0 Å². The summed E-state index contributed by atoms with van der Waals surface area (Å²) < 4.78 is 5.33. The van der Waals surface area contributed by atoms with Crippen molar-refractivity contribution < 1.29 is 9.53 Å². The fourth-order valence-corrected chi connectivity index (χ4v) is 2.34. The number of ether oxygens (including phenoxy) is 1. The van der Waals surface area contributed by atoms with Gasteiger partial charge in [-0.05, 0) is 26.0 Å². The van der Waals surface area contributed by atoms with E-state index in [2.05, 4.69) is 22.5 Å². The monoisotopic (exact) mass is 291 g/mol. The highest BCUT2D eigenvalue weighted by atomic mass is 16.5. The van der Waals surface area contributed by atoms with E-state index in [0.717, 1.165) is 38.5 Å². The van der Waals surface area contributed by atoms with E-state index >= 15 is 0 Å². The van der Waals surface area contributed by atoms with Crippen molar-refractivity contribution in [2.24, 2.45) is 0 Å². The molecule has 0 spiro atoms. The molecule has 0 aliphatic carbocycles. The number of hydrogen-bond donors (Lipinski definition) is 2. The van der Waals surface area contributed by atoms with Gasteiger partial charge in [-0.25, -0.2) is 0 Å². The number of morpholine rings is 1. The molecule has 1 unspecified atom stereocenters. The van der Waals surface area contributed by atoms with Crippen LogP contribution in [-0.2, 0) is 9.53 Å². The molecular formula is C16H25N3O2. The minimum Gasteiger partial charge on any atom is -0.379 e. The molecule has 0 bridgehead atoms. The third-order valence-electron chi connectivity index (χ3n) is 3.58. The van der Waals surface area contributed by atoms with E-state index in [4.69, 9.17) is 4.74 Å². The second-order valence-corrected chi connectivity index (χ2v) is 5.61. The van der Waals surface area contributed by atoms with Crippen molar-refractivity contribution in [1.29, 1.82) is 0 Å². The van der Waals surface area contributed by atoms with Gasteiger partial charge in [0.1, 0.15) is 0 Å². The lowest BCUT2D eigenvalue weighted by molar-refractivity contribution is -0.115. The minimum absolute atomic E-state index is 0.00678. The van der Waals surface area contributed by atoms with Crippen molar-refractivity contribution >= 4 is 11.6 Å². The molecule has 1 aliphatic rings. The van der Waals surface area contributed by atoms with Crippen LogP contribution in [0.5, 0.6) is 0 Å². The van der Waals surface area contributed by atoms with Crippen LogP contribution in [0, 0.1) is 6.92 Å². The first-order chi connectivity index (χ1) is 10.1. The zero-order chi connectivity index (χ0) is 15.1. The SMILES string of the molecule is Cc1ccc(NC(=O)CNC(C)CN2CCOCC2)cc1. The number of hydrogen-bond acceptors (Lipinski definition) is 4. The Bertz CT molecular complexity index is 441. The topological polar surface area (TPSA) is 53.6 Å². The van der Waals surface area contributed by atoms with Gasteiger partial charge in [-0.1, -0.05) is 17.7 Å². The second kappa shape index (κ2) is 8.12. The van der Waals surface area contributed by atoms with Gasteiger partial charge in [0.15, 0.2) is 0 Å². The van der Waals surface area contributed by atoms with Crippen LogP contribution < -0.4 is 10.6 Å². The summed E-state index contributed by atoms with van der Waals surface area (Å²) >= 11 is 0. The van der Waals surface area contributed by atoms with Crippen molar-refractivity contribution in [2.75, 3.05) is 44.7 Å². The average Bonchev–Trinajstić information content (AvgIpc) is 2.49. The van der Waals surface area contributed by atoms with Gasteiger partial charge >= 0.3 is 0 Å². The van der Waals surface area contributed by atoms with Crippen LogP contribution in [0.1, 0.15) is 12.5 Å². The number of carbonyl (C=O) groups is 1. The molecular weight excluding hydrogens is 266 g/mol. The standard InChI is InChI=1S/C16H25N3O2/c1-13-3-5-15(6-4-13)18-16(20)11-17-14(2)12-19-7-9-21-10-8-19/h3-6,14,17H,7-12H2,1-2H3,(H,18,20). The number of nitrogens with one attached hydrogen (secondary N) is 2. The molecule has 1 aromatic carbocycles. The zero-order valence-electron chi connectivity index (χ0n) is 12.9. The van der Waals surface area contributed by atoms with Gasteiger partial charge < -0.3 is 15.4 Å². The molecule has 2 rings (SSSR count). The summed E-state index contributed by atoms with van der Waals surface area (Å²) in [5.74, 6) is -0.00678. The van der Waals surface area contributed by atoms with E-state index in [1.165, 1.54) is 5.56 Å². The number of rotatable bonds is 6. The Labute approximate surface area is 126 Å². The molecule has 1 saturated heterocycles. The third kappa shape index (κ3) is 5.83. The third-order valence-corrected chi connectivity index (χ3v) is 3.58. The quantitative estimate of drug-likeness (QED) is 0.828. The van der Waals surface area contributed by atoms with Crippen LogP contribution in [0.4, 0.5) is 5.69 Å². The van der Waals surface area contributed by atoms with E-state index in [-0.39, 0.29) is 11.9 Å². The second-order valence-electron chi connectivity index (χ2n) is 5.61. The Hall–Kier alpha value is -1.43. The zero-order valence-corrected chi connectivity index (χ0v) is 12.9. The first-order valence-electron chi connectivity index (χ1n) is 7.53. The van der Waals surface area contributed by atoms with Gasteiger partial charge in [0.05, 0.1) is 19.8 Å². The maximum absolute atomic E-state index is 11.9. The van der Waals surface area contributed by atoms with Crippen LogP contribution in [0.25, 0.3) is 0 Å². The predicted octanol–water partition coefficient (Wildman–Crippen LogP) is 1.24. The van der Waals surface area contributed by atoms with E-state index in [0.29, 0.717) is 6.54 Å². The highest BCUT2D eigenvalue weighted by molar-refractivity contribution is 5.92. The number of carbonyl (C=O) groups excluding carboxylic acids is 1. The Balaban J connectivity index is 1.66. The van der Waals surface area contributed by atoms with Crippen molar-refractivity contribution in [3.05, 3.63) is 29.8 Å². The molecule has 1 aliphatic heterocycles. The maximum Gasteiger partial charge on any atom is 0.238 e. The van der Waals surface area contributed by atoms with Crippen molar-refractivity contribution in [3.8, 4) is 0 Å². The normalized spacial score (nSPS) is 17.4. The molecule has 2 N–H and O–H groups in total. The first-order valence-corrected chi connectivity index (χ1v) is 7.53. The summed E-state index contributed by atoms with van der Waals surface area (Å²) in [5.41, 5.74) is 2.03. The maximum atomic E-state index is 11.9. The number of nitrogens with zero attached hydrogens (tertiary/aromatic N) is 1. The Morgan fingerprint density at radius 2 is 1.95 bits per heavy atom. The lowest BCUT2D eigenvalue weighted by atomic mass is 10.2. The molecule has 1 amide bonds. The average molecular weight is 291 g/mol. The molecule has 5 nitrogen and oxygen atoms in total. The smallest absolute Gasteiger partial charge is 0.238 e. The molecule has 21 heavy (non-hydrogen) atoms. The number of anilines is 1. The summed E-state index contributed by atoms with van der Waals surface area (Å²) in [7, 11) is 0. The fourth-order valence-electron chi connectivity index (χ4n) is 2.34. The van der Waals surface area contributed by atoms with E-state index in [9.17, 15) is 4.79 Å². The Morgan fingerprint density at radius 3 is 2.62 bits per heavy atom. The summed E-state index contributed by atoms with van der Waals surface area (Å²) in [4.78, 5) is 14.2. The summed E-state index contributed by atoms with van der Waals surface area (Å²) in [6, 6.07) is 8.11. The molecule has 0 radical (unpaired) electrons. The van der Waals surface area contributed by atoms with E-state index in [1.54, 1.807) is 0 Å². The summed E-state index contributed by atoms with van der Waals surface area (Å²) in [5, 5.41) is 6.16. The van der Waals surface area contributed by atoms with Gasteiger partial charge in [-0.3, -0.25) is 9.69 Å². The van der Waals surface area contributed by atoms with Gasteiger partial charge in [0, 0.05) is 31.4 Å². The molecule has 0 aromatic heterocycles. The Kier molecular flexibility index (Phi) is 6.17. The number of benzene rings is 1.